The number of morpholine rings is 1. The van der Waals surface area contributed by atoms with Crippen molar-refractivity contribution in [2.75, 3.05) is 43.6 Å². The van der Waals surface area contributed by atoms with Crippen LogP contribution in [0.15, 0.2) is 12.1 Å². The first-order valence-electron chi connectivity index (χ1n) is 8.32. The van der Waals surface area contributed by atoms with Crippen molar-refractivity contribution < 1.29 is 14.3 Å². The number of ether oxygens (including phenoxy) is 2. The first-order chi connectivity index (χ1) is 11.0. The Hall–Kier alpha value is -1.75. The Morgan fingerprint density at radius 1 is 1.35 bits per heavy atom. The van der Waals surface area contributed by atoms with Crippen LogP contribution in [0.1, 0.15) is 32.3 Å². The highest BCUT2D eigenvalue weighted by Gasteiger charge is 2.17. The number of nitrogens with one attached hydrogen (secondary N) is 1. The van der Waals surface area contributed by atoms with Crippen LogP contribution in [-0.4, -0.2) is 39.3 Å². The third-order valence-electron chi connectivity index (χ3n) is 4.09. The van der Waals surface area contributed by atoms with Crippen molar-refractivity contribution in [3.63, 3.8) is 0 Å². The summed E-state index contributed by atoms with van der Waals surface area (Å²) in [6.45, 7) is 9.49. The third kappa shape index (κ3) is 4.86. The van der Waals surface area contributed by atoms with Gasteiger partial charge in [0.05, 0.1) is 26.0 Å². The maximum absolute atomic E-state index is 12.1. The number of aryl methyl sites for hydroxylation is 1. The van der Waals surface area contributed by atoms with Crippen LogP contribution in [-0.2, 0) is 9.53 Å². The number of amides is 1. The van der Waals surface area contributed by atoms with Gasteiger partial charge in [0.25, 0.3) is 0 Å². The first-order valence-corrected chi connectivity index (χ1v) is 8.32. The Labute approximate surface area is 139 Å². The molecular formula is C18H28N2O3. The van der Waals surface area contributed by atoms with Crippen molar-refractivity contribution in [2.45, 2.75) is 33.6 Å². The van der Waals surface area contributed by atoms with E-state index in [1.54, 1.807) is 7.11 Å². The van der Waals surface area contributed by atoms with Crippen molar-refractivity contribution in [1.82, 2.24) is 0 Å². The van der Waals surface area contributed by atoms with Gasteiger partial charge in [-0.15, -0.1) is 0 Å². The van der Waals surface area contributed by atoms with Gasteiger partial charge in [0.15, 0.2) is 0 Å². The van der Waals surface area contributed by atoms with Crippen LogP contribution >= 0.6 is 0 Å². The Bertz CT molecular complexity index is 537. The van der Waals surface area contributed by atoms with Crippen molar-refractivity contribution in [3.8, 4) is 5.75 Å². The second-order valence-electron chi connectivity index (χ2n) is 6.42. The number of anilines is 2. The fourth-order valence-corrected chi connectivity index (χ4v) is 2.68. The van der Waals surface area contributed by atoms with Crippen LogP contribution in [0.25, 0.3) is 0 Å². The zero-order valence-corrected chi connectivity index (χ0v) is 14.6. The maximum atomic E-state index is 12.1. The number of carbonyl (C=O) groups excluding carboxylic acids is 1. The molecule has 1 aromatic carbocycles. The summed E-state index contributed by atoms with van der Waals surface area (Å²) in [5, 5.41) is 3.01. The van der Waals surface area contributed by atoms with Crippen LogP contribution in [0.4, 0.5) is 11.4 Å². The SMILES string of the molecule is COc1cc(N2CCOCC2)cc(C)c1NC(=O)CCC(C)C. The van der Waals surface area contributed by atoms with Crippen LogP contribution in [0.2, 0.25) is 0 Å². The predicted molar refractivity (Wildman–Crippen MR) is 93.5 cm³/mol. The molecule has 1 aliphatic heterocycles. The highest BCUT2D eigenvalue weighted by Crippen LogP contribution is 2.34. The van der Waals surface area contributed by atoms with Gasteiger partial charge in [-0.25, -0.2) is 0 Å². The molecule has 1 amide bonds. The molecule has 0 atom stereocenters. The van der Waals surface area contributed by atoms with Gasteiger partial charge in [-0.05, 0) is 30.9 Å². The number of hydrogen-bond donors (Lipinski definition) is 1. The number of nitrogens with zero attached hydrogens (tertiary/aromatic N) is 1. The van der Waals surface area contributed by atoms with E-state index in [1.165, 1.54) is 0 Å². The fraction of sp³-hybridized carbons (Fsp3) is 0.611. The molecule has 1 aromatic rings. The minimum Gasteiger partial charge on any atom is -0.494 e. The summed E-state index contributed by atoms with van der Waals surface area (Å²) < 4.78 is 10.9. The summed E-state index contributed by atoms with van der Waals surface area (Å²) in [5.74, 6) is 1.27. The van der Waals surface area contributed by atoms with Gasteiger partial charge >= 0.3 is 0 Å². The molecule has 0 spiro atoms. The second-order valence-corrected chi connectivity index (χ2v) is 6.42. The van der Waals surface area contributed by atoms with Crippen molar-refractivity contribution in [2.24, 2.45) is 5.92 Å². The van der Waals surface area contributed by atoms with Gasteiger partial charge in [0, 0.05) is 31.3 Å². The van der Waals surface area contributed by atoms with E-state index in [4.69, 9.17) is 9.47 Å². The molecule has 1 fully saturated rings. The predicted octanol–water partition coefficient (Wildman–Crippen LogP) is 3.21. The van der Waals surface area contributed by atoms with E-state index in [2.05, 4.69) is 30.1 Å². The number of rotatable bonds is 6. The molecule has 0 radical (unpaired) electrons. The largest absolute Gasteiger partial charge is 0.494 e. The first kappa shape index (κ1) is 17.6. The quantitative estimate of drug-likeness (QED) is 0.874. The van der Waals surface area contributed by atoms with E-state index >= 15 is 0 Å². The van der Waals surface area contributed by atoms with E-state index in [-0.39, 0.29) is 5.91 Å². The molecule has 128 valence electrons. The van der Waals surface area contributed by atoms with Crippen LogP contribution in [0.5, 0.6) is 5.75 Å². The summed E-state index contributed by atoms with van der Waals surface area (Å²) in [6.07, 6.45) is 1.42. The zero-order valence-electron chi connectivity index (χ0n) is 14.6. The average Bonchev–Trinajstić information content (AvgIpc) is 2.55. The maximum Gasteiger partial charge on any atom is 0.224 e. The van der Waals surface area contributed by atoms with Gasteiger partial charge < -0.3 is 19.7 Å². The van der Waals surface area contributed by atoms with Crippen LogP contribution in [0, 0.1) is 12.8 Å². The van der Waals surface area contributed by atoms with E-state index < -0.39 is 0 Å². The monoisotopic (exact) mass is 320 g/mol. The Balaban J connectivity index is 2.14. The lowest BCUT2D eigenvalue weighted by Gasteiger charge is -2.30. The van der Waals surface area contributed by atoms with Crippen LogP contribution < -0.4 is 15.0 Å². The van der Waals surface area contributed by atoms with Gasteiger partial charge in [-0.2, -0.15) is 0 Å². The molecule has 0 aromatic heterocycles. The average molecular weight is 320 g/mol. The standard InChI is InChI=1S/C18H28N2O3/c1-13(2)5-6-17(21)19-18-14(3)11-15(12-16(18)22-4)20-7-9-23-10-8-20/h11-13H,5-10H2,1-4H3,(H,19,21). The highest BCUT2D eigenvalue weighted by atomic mass is 16.5. The Kier molecular flexibility index (Phi) is 6.28. The molecule has 0 bridgehead atoms. The van der Waals surface area contributed by atoms with E-state index in [0.29, 0.717) is 18.1 Å². The van der Waals surface area contributed by atoms with Gasteiger partial charge in [-0.3, -0.25) is 4.79 Å². The van der Waals surface area contributed by atoms with Gasteiger partial charge in [-0.1, -0.05) is 13.8 Å². The molecule has 5 heteroatoms. The van der Waals surface area contributed by atoms with E-state index in [1.807, 2.05) is 13.0 Å². The molecule has 1 saturated heterocycles. The van der Waals surface area contributed by atoms with E-state index in [0.717, 1.165) is 49.7 Å². The van der Waals surface area contributed by atoms with E-state index in [9.17, 15) is 4.79 Å². The number of hydrogen-bond acceptors (Lipinski definition) is 4. The summed E-state index contributed by atoms with van der Waals surface area (Å²) in [5.41, 5.74) is 2.91. The lowest BCUT2D eigenvalue weighted by Crippen LogP contribution is -2.36. The Morgan fingerprint density at radius 3 is 2.65 bits per heavy atom. The summed E-state index contributed by atoms with van der Waals surface area (Å²) in [7, 11) is 1.64. The molecule has 1 aliphatic rings. The van der Waals surface area contributed by atoms with Crippen LogP contribution in [0.3, 0.4) is 0 Å². The lowest BCUT2D eigenvalue weighted by molar-refractivity contribution is -0.116. The normalized spacial score (nSPS) is 14.9. The second kappa shape index (κ2) is 8.20. The molecule has 0 aliphatic carbocycles. The minimum atomic E-state index is 0.0409. The van der Waals surface area contributed by atoms with Crippen molar-refractivity contribution >= 4 is 17.3 Å². The number of carbonyl (C=O) groups is 1. The molecule has 5 nitrogen and oxygen atoms in total. The molecule has 1 N–H and O–H groups in total. The number of methoxy groups -OCH3 is 1. The highest BCUT2D eigenvalue weighted by molar-refractivity contribution is 5.93. The summed E-state index contributed by atoms with van der Waals surface area (Å²) in [4.78, 5) is 14.4. The lowest BCUT2D eigenvalue weighted by atomic mass is 10.1. The molecule has 23 heavy (non-hydrogen) atoms. The number of benzene rings is 1. The van der Waals surface area contributed by atoms with Gasteiger partial charge in [0.1, 0.15) is 5.75 Å². The summed E-state index contributed by atoms with van der Waals surface area (Å²) >= 11 is 0. The van der Waals surface area contributed by atoms with Crippen molar-refractivity contribution in [3.05, 3.63) is 17.7 Å². The molecule has 0 unspecified atom stereocenters. The molecule has 0 saturated carbocycles. The molecular weight excluding hydrogens is 292 g/mol. The fourth-order valence-electron chi connectivity index (χ4n) is 2.68. The third-order valence-corrected chi connectivity index (χ3v) is 4.09. The Morgan fingerprint density at radius 2 is 2.04 bits per heavy atom. The van der Waals surface area contributed by atoms with Gasteiger partial charge in [0.2, 0.25) is 5.91 Å². The zero-order chi connectivity index (χ0) is 16.8. The topological polar surface area (TPSA) is 50.8 Å². The molecule has 2 rings (SSSR count). The smallest absolute Gasteiger partial charge is 0.224 e. The van der Waals surface area contributed by atoms with Crippen molar-refractivity contribution in [1.29, 1.82) is 0 Å². The summed E-state index contributed by atoms with van der Waals surface area (Å²) in [6, 6.07) is 4.10. The minimum absolute atomic E-state index is 0.0409. The molecule has 1 heterocycles.